The standard InChI is InChI=1S/C24H20FN3O2/c25-21-13-19(26)14-27-23(21)20-11-12-22(29-15-17-7-3-1-4-8-17)28-24(20)30-16-18-9-5-2-6-10-18/h1-14H,15-16,26H2. The van der Waals surface area contributed by atoms with Gasteiger partial charge in [0.25, 0.3) is 0 Å². The number of aromatic nitrogens is 2. The molecule has 2 aromatic carbocycles. The van der Waals surface area contributed by atoms with Crippen molar-refractivity contribution < 1.29 is 13.9 Å². The smallest absolute Gasteiger partial charge is 0.226 e. The lowest BCUT2D eigenvalue weighted by Crippen LogP contribution is -2.03. The summed E-state index contributed by atoms with van der Waals surface area (Å²) in [5.74, 6) is 0.0708. The molecule has 0 unspecified atom stereocenters. The number of hydrogen-bond donors (Lipinski definition) is 1. The Morgan fingerprint density at radius 3 is 2.07 bits per heavy atom. The van der Waals surface area contributed by atoms with Crippen molar-refractivity contribution in [2.75, 3.05) is 5.73 Å². The number of hydrogen-bond acceptors (Lipinski definition) is 5. The third-order valence-corrected chi connectivity index (χ3v) is 4.40. The highest BCUT2D eigenvalue weighted by molar-refractivity contribution is 5.67. The van der Waals surface area contributed by atoms with Crippen LogP contribution in [0.4, 0.5) is 10.1 Å². The van der Waals surface area contributed by atoms with Gasteiger partial charge < -0.3 is 15.2 Å². The molecule has 0 bridgehead atoms. The van der Waals surface area contributed by atoms with E-state index < -0.39 is 5.82 Å². The number of rotatable bonds is 7. The van der Waals surface area contributed by atoms with Crippen LogP contribution in [-0.4, -0.2) is 9.97 Å². The zero-order valence-electron chi connectivity index (χ0n) is 16.2. The second-order valence-electron chi connectivity index (χ2n) is 6.65. The summed E-state index contributed by atoms with van der Waals surface area (Å²) in [6.45, 7) is 0.638. The van der Waals surface area contributed by atoms with Crippen LogP contribution in [0.5, 0.6) is 11.8 Å². The van der Waals surface area contributed by atoms with E-state index >= 15 is 0 Å². The van der Waals surface area contributed by atoms with Gasteiger partial charge in [-0.2, -0.15) is 4.98 Å². The van der Waals surface area contributed by atoms with Gasteiger partial charge in [-0.1, -0.05) is 60.7 Å². The number of nitrogen functional groups attached to an aromatic ring is 1. The highest BCUT2D eigenvalue weighted by Crippen LogP contribution is 2.32. The summed E-state index contributed by atoms with van der Waals surface area (Å²) in [7, 11) is 0. The van der Waals surface area contributed by atoms with Crippen molar-refractivity contribution in [3.05, 3.63) is 102 Å². The molecular weight excluding hydrogens is 381 g/mol. The van der Waals surface area contributed by atoms with E-state index in [1.54, 1.807) is 12.1 Å². The minimum Gasteiger partial charge on any atom is -0.473 e. The molecule has 4 aromatic rings. The van der Waals surface area contributed by atoms with Gasteiger partial charge >= 0.3 is 0 Å². The van der Waals surface area contributed by atoms with E-state index in [4.69, 9.17) is 15.2 Å². The molecule has 2 aromatic heterocycles. The monoisotopic (exact) mass is 401 g/mol. The summed E-state index contributed by atoms with van der Waals surface area (Å²) in [6, 6.07) is 24.0. The molecule has 5 nitrogen and oxygen atoms in total. The zero-order chi connectivity index (χ0) is 20.8. The van der Waals surface area contributed by atoms with Gasteiger partial charge in [-0.15, -0.1) is 0 Å². The van der Waals surface area contributed by atoms with Gasteiger partial charge in [0, 0.05) is 12.1 Å². The van der Waals surface area contributed by atoms with Crippen LogP contribution in [0.25, 0.3) is 11.3 Å². The second kappa shape index (κ2) is 9.05. The predicted molar refractivity (Wildman–Crippen MR) is 113 cm³/mol. The molecule has 2 N–H and O–H groups in total. The Labute approximate surface area is 174 Å². The van der Waals surface area contributed by atoms with Crippen LogP contribution in [0.15, 0.2) is 85.1 Å². The number of ether oxygens (including phenoxy) is 2. The lowest BCUT2D eigenvalue weighted by Gasteiger charge is -2.13. The molecule has 0 aliphatic carbocycles. The summed E-state index contributed by atoms with van der Waals surface area (Å²) >= 11 is 0. The first-order chi connectivity index (χ1) is 14.7. The van der Waals surface area contributed by atoms with E-state index in [9.17, 15) is 4.39 Å². The number of halogens is 1. The number of nitrogens with two attached hydrogens (primary N) is 1. The summed E-state index contributed by atoms with van der Waals surface area (Å²) < 4.78 is 26.2. The van der Waals surface area contributed by atoms with Crippen LogP contribution in [0.1, 0.15) is 11.1 Å². The van der Waals surface area contributed by atoms with Crippen LogP contribution in [0.2, 0.25) is 0 Å². The quantitative estimate of drug-likeness (QED) is 0.471. The van der Waals surface area contributed by atoms with Crippen LogP contribution in [0, 0.1) is 5.82 Å². The van der Waals surface area contributed by atoms with Gasteiger partial charge in [0.2, 0.25) is 11.8 Å². The fraction of sp³-hybridized carbons (Fsp3) is 0.0833. The van der Waals surface area contributed by atoms with Crippen molar-refractivity contribution >= 4 is 5.69 Å². The molecule has 150 valence electrons. The minimum atomic E-state index is -0.542. The summed E-state index contributed by atoms with van der Waals surface area (Å²) in [6.07, 6.45) is 1.40. The van der Waals surface area contributed by atoms with E-state index in [1.807, 2.05) is 60.7 Å². The third-order valence-electron chi connectivity index (χ3n) is 4.40. The van der Waals surface area contributed by atoms with Crippen molar-refractivity contribution in [1.29, 1.82) is 0 Å². The Morgan fingerprint density at radius 1 is 0.800 bits per heavy atom. The van der Waals surface area contributed by atoms with Gasteiger partial charge in [0.05, 0.1) is 17.4 Å². The first kappa shape index (κ1) is 19.4. The molecular formula is C24H20FN3O2. The molecule has 0 aliphatic heterocycles. The fourth-order valence-corrected chi connectivity index (χ4v) is 2.90. The van der Waals surface area contributed by atoms with Crippen LogP contribution < -0.4 is 15.2 Å². The topological polar surface area (TPSA) is 70.3 Å². The molecule has 0 aliphatic rings. The van der Waals surface area contributed by atoms with Crippen LogP contribution >= 0.6 is 0 Å². The Morgan fingerprint density at radius 2 is 1.43 bits per heavy atom. The molecule has 0 saturated heterocycles. The number of pyridine rings is 2. The number of nitrogens with zero attached hydrogens (tertiary/aromatic N) is 2. The molecule has 6 heteroatoms. The summed E-state index contributed by atoms with van der Waals surface area (Å²) in [5, 5.41) is 0. The maximum atomic E-state index is 14.5. The van der Waals surface area contributed by atoms with E-state index in [-0.39, 0.29) is 23.9 Å². The fourth-order valence-electron chi connectivity index (χ4n) is 2.90. The van der Waals surface area contributed by atoms with Gasteiger partial charge in [-0.3, -0.25) is 4.98 Å². The normalized spacial score (nSPS) is 10.6. The molecule has 0 saturated carbocycles. The van der Waals surface area contributed by atoms with E-state index in [0.29, 0.717) is 18.1 Å². The van der Waals surface area contributed by atoms with Gasteiger partial charge in [-0.25, -0.2) is 4.39 Å². The highest BCUT2D eigenvalue weighted by Gasteiger charge is 2.16. The van der Waals surface area contributed by atoms with Crippen molar-refractivity contribution in [3.8, 4) is 23.0 Å². The van der Waals surface area contributed by atoms with Crippen molar-refractivity contribution in [2.24, 2.45) is 0 Å². The lowest BCUT2D eigenvalue weighted by atomic mass is 10.1. The van der Waals surface area contributed by atoms with E-state index in [2.05, 4.69) is 9.97 Å². The molecule has 30 heavy (non-hydrogen) atoms. The van der Waals surface area contributed by atoms with Crippen LogP contribution in [0.3, 0.4) is 0 Å². The Balaban J connectivity index is 1.62. The Bertz CT molecular complexity index is 1120. The minimum absolute atomic E-state index is 0.120. The average molecular weight is 401 g/mol. The zero-order valence-corrected chi connectivity index (χ0v) is 16.2. The van der Waals surface area contributed by atoms with Gasteiger partial charge in [0.1, 0.15) is 18.9 Å². The van der Waals surface area contributed by atoms with Gasteiger partial charge in [0.15, 0.2) is 5.82 Å². The first-order valence-corrected chi connectivity index (χ1v) is 9.45. The molecule has 0 radical (unpaired) electrons. The maximum Gasteiger partial charge on any atom is 0.226 e. The lowest BCUT2D eigenvalue weighted by molar-refractivity contribution is 0.268. The molecule has 0 spiro atoms. The predicted octanol–water partition coefficient (Wildman–Crippen LogP) is 5.02. The SMILES string of the molecule is Nc1cnc(-c2ccc(OCc3ccccc3)nc2OCc2ccccc2)c(F)c1. The Kier molecular flexibility index (Phi) is 5.85. The van der Waals surface area contributed by atoms with Crippen molar-refractivity contribution in [1.82, 2.24) is 9.97 Å². The van der Waals surface area contributed by atoms with E-state index in [1.165, 1.54) is 12.3 Å². The summed E-state index contributed by atoms with van der Waals surface area (Å²) in [4.78, 5) is 8.59. The first-order valence-electron chi connectivity index (χ1n) is 9.45. The third kappa shape index (κ3) is 4.72. The second-order valence-corrected chi connectivity index (χ2v) is 6.65. The van der Waals surface area contributed by atoms with Crippen molar-refractivity contribution in [2.45, 2.75) is 13.2 Å². The highest BCUT2D eigenvalue weighted by atomic mass is 19.1. The van der Waals surface area contributed by atoms with Crippen molar-refractivity contribution in [3.63, 3.8) is 0 Å². The molecule has 4 rings (SSSR count). The number of anilines is 1. The average Bonchev–Trinajstić information content (AvgIpc) is 2.78. The molecule has 0 atom stereocenters. The van der Waals surface area contributed by atoms with Crippen LogP contribution in [-0.2, 0) is 13.2 Å². The Hall–Kier alpha value is -3.93. The molecule has 0 fully saturated rings. The molecule has 2 heterocycles. The maximum absolute atomic E-state index is 14.5. The van der Waals surface area contributed by atoms with E-state index in [0.717, 1.165) is 11.1 Å². The number of benzene rings is 2. The van der Waals surface area contributed by atoms with Gasteiger partial charge in [-0.05, 0) is 17.2 Å². The summed E-state index contributed by atoms with van der Waals surface area (Å²) in [5.41, 5.74) is 8.40. The largest absolute Gasteiger partial charge is 0.473 e. The molecule has 0 amide bonds.